The van der Waals surface area contributed by atoms with Crippen LogP contribution in [0.4, 0.5) is 5.82 Å². The number of carbonyl (C=O) groups is 2. The highest BCUT2D eigenvalue weighted by Gasteiger charge is 2.25. The SMILES string of the molecule is CC(=O)N1CCN(C(=O)c2cc(N3CCCCC3)nc(C)n2)CC1. The summed E-state index contributed by atoms with van der Waals surface area (Å²) in [5.41, 5.74) is 0.458. The molecule has 7 heteroatoms. The Hall–Kier alpha value is -2.18. The van der Waals surface area contributed by atoms with Crippen LogP contribution in [-0.2, 0) is 4.79 Å². The van der Waals surface area contributed by atoms with E-state index in [1.807, 2.05) is 13.0 Å². The molecule has 0 aliphatic carbocycles. The predicted octanol–water partition coefficient (Wildman–Crippen LogP) is 1.08. The van der Waals surface area contributed by atoms with Crippen molar-refractivity contribution < 1.29 is 9.59 Å². The average molecular weight is 331 g/mol. The second-order valence-electron chi connectivity index (χ2n) is 6.50. The number of rotatable bonds is 2. The Morgan fingerprint density at radius 2 is 1.54 bits per heavy atom. The number of hydrogen-bond acceptors (Lipinski definition) is 5. The number of nitrogens with zero attached hydrogens (tertiary/aromatic N) is 5. The highest BCUT2D eigenvalue weighted by atomic mass is 16.2. The molecule has 0 aromatic carbocycles. The van der Waals surface area contributed by atoms with Gasteiger partial charge in [0.2, 0.25) is 5.91 Å². The first kappa shape index (κ1) is 16.7. The second kappa shape index (κ2) is 7.15. The lowest BCUT2D eigenvalue weighted by molar-refractivity contribution is -0.130. The van der Waals surface area contributed by atoms with Gasteiger partial charge in [0.1, 0.15) is 17.3 Å². The van der Waals surface area contributed by atoms with E-state index >= 15 is 0 Å². The van der Waals surface area contributed by atoms with Gasteiger partial charge < -0.3 is 14.7 Å². The fraction of sp³-hybridized carbons (Fsp3) is 0.647. The number of piperidine rings is 1. The maximum Gasteiger partial charge on any atom is 0.272 e. The van der Waals surface area contributed by atoms with Gasteiger partial charge in [0, 0.05) is 52.3 Å². The van der Waals surface area contributed by atoms with E-state index < -0.39 is 0 Å². The van der Waals surface area contributed by atoms with Crippen LogP contribution in [-0.4, -0.2) is 70.9 Å². The normalized spacial score (nSPS) is 18.7. The van der Waals surface area contributed by atoms with Gasteiger partial charge in [0.05, 0.1) is 0 Å². The molecule has 3 rings (SSSR count). The summed E-state index contributed by atoms with van der Waals surface area (Å²) in [6.45, 7) is 7.66. The number of hydrogen-bond donors (Lipinski definition) is 0. The summed E-state index contributed by atoms with van der Waals surface area (Å²) in [5.74, 6) is 1.48. The van der Waals surface area contributed by atoms with E-state index in [0.717, 1.165) is 18.9 Å². The van der Waals surface area contributed by atoms with Gasteiger partial charge in [-0.25, -0.2) is 9.97 Å². The molecule has 130 valence electrons. The molecule has 2 aliphatic rings. The van der Waals surface area contributed by atoms with Crippen LogP contribution >= 0.6 is 0 Å². The number of aromatic nitrogens is 2. The smallest absolute Gasteiger partial charge is 0.272 e. The van der Waals surface area contributed by atoms with E-state index in [1.54, 1.807) is 16.7 Å². The van der Waals surface area contributed by atoms with Crippen LogP contribution < -0.4 is 4.90 Å². The first-order chi connectivity index (χ1) is 11.5. The molecule has 1 aromatic rings. The summed E-state index contributed by atoms with van der Waals surface area (Å²) in [4.78, 5) is 38.8. The van der Waals surface area contributed by atoms with Crippen molar-refractivity contribution in [3.63, 3.8) is 0 Å². The van der Waals surface area contributed by atoms with Crippen molar-refractivity contribution in [3.8, 4) is 0 Å². The molecule has 1 aromatic heterocycles. The minimum Gasteiger partial charge on any atom is -0.356 e. The minimum absolute atomic E-state index is 0.0624. The summed E-state index contributed by atoms with van der Waals surface area (Å²) >= 11 is 0. The molecule has 24 heavy (non-hydrogen) atoms. The standard InChI is InChI=1S/C17H25N5O2/c1-13-18-15(12-16(19-13)21-6-4-3-5-7-21)17(24)22-10-8-20(9-11-22)14(2)23/h12H,3-11H2,1-2H3. The molecule has 0 unspecified atom stereocenters. The molecule has 2 saturated heterocycles. The van der Waals surface area contributed by atoms with Crippen LogP contribution in [0, 0.1) is 6.92 Å². The Morgan fingerprint density at radius 3 is 2.17 bits per heavy atom. The molecular formula is C17H25N5O2. The van der Waals surface area contributed by atoms with Gasteiger partial charge in [0.25, 0.3) is 5.91 Å². The second-order valence-corrected chi connectivity index (χ2v) is 6.50. The van der Waals surface area contributed by atoms with Crippen LogP contribution in [0.3, 0.4) is 0 Å². The third-order valence-corrected chi connectivity index (χ3v) is 4.74. The van der Waals surface area contributed by atoms with Crippen molar-refractivity contribution >= 4 is 17.6 Å². The Labute approximate surface area is 142 Å². The lowest BCUT2D eigenvalue weighted by atomic mass is 10.1. The van der Waals surface area contributed by atoms with E-state index in [9.17, 15) is 9.59 Å². The zero-order valence-electron chi connectivity index (χ0n) is 14.5. The van der Waals surface area contributed by atoms with Crippen LogP contribution in [0.2, 0.25) is 0 Å². The van der Waals surface area contributed by atoms with Gasteiger partial charge in [-0.3, -0.25) is 9.59 Å². The lowest BCUT2D eigenvalue weighted by Crippen LogP contribution is -2.50. The van der Waals surface area contributed by atoms with Crippen molar-refractivity contribution in [2.75, 3.05) is 44.2 Å². The molecular weight excluding hydrogens is 306 g/mol. The van der Waals surface area contributed by atoms with E-state index in [2.05, 4.69) is 14.9 Å². The zero-order chi connectivity index (χ0) is 17.1. The highest BCUT2D eigenvalue weighted by Crippen LogP contribution is 2.19. The van der Waals surface area contributed by atoms with Crippen molar-refractivity contribution in [2.24, 2.45) is 0 Å². The van der Waals surface area contributed by atoms with Crippen molar-refractivity contribution in [1.29, 1.82) is 0 Å². The van der Waals surface area contributed by atoms with Gasteiger partial charge in [-0.15, -0.1) is 0 Å². The molecule has 2 fully saturated rings. The van der Waals surface area contributed by atoms with Gasteiger partial charge in [0.15, 0.2) is 0 Å². The van der Waals surface area contributed by atoms with Crippen molar-refractivity contribution in [1.82, 2.24) is 19.8 Å². The largest absolute Gasteiger partial charge is 0.356 e. The monoisotopic (exact) mass is 331 g/mol. The number of amides is 2. The Balaban J connectivity index is 1.73. The summed E-state index contributed by atoms with van der Waals surface area (Å²) in [7, 11) is 0. The Kier molecular flexibility index (Phi) is 4.97. The van der Waals surface area contributed by atoms with Gasteiger partial charge >= 0.3 is 0 Å². The molecule has 0 N–H and O–H groups in total. The van der Waals surface area contributed by atoms with E-state index in [-0.39, 0.29) is 11.8 Å². The molecule has 3 heterocycles. The quantitative estimate of drug-likeness (QED) is 0.811. The molecule has 0 saturated carbocycles. The van der Waals surface area contributed by atoms with Crippen LogP contribution in [0.5, 0.6) is 0 Å². The lowest BCUT2D eigenvalue weighted by Gasteiger charge is -2.34. The van der Waals surface area contributed by atoms with E-state index in [0.29, 0.717) is 37.7 Å². The summed E-state index contributed by atoms with van der Waals surface area (Å²) in [6.07, 6.45) is 3.59. The number of carbonyl (C=O) groups excluding carboxylic acids is 2. The molecule has 7 nitrogen and oxygen atoms in total. The first-order valence-electron chi connectivity index (χ1n) is 8.70. The van der Waals surface area contributed by atoms with Crippen molar-refractivity contribution in [3.05, 3.63) is 17.6 Å². The molecule has 2 amide bonds. The number of piperazine rings is 1. The molecule has 0 bridgehead atoms. The topological polar surface area (TPSA) is 69.6 Å². The fourth-order valence-electron chi connectivity index (χ4n) is 3.33. The maximum atomic E-state index is 12.8. The predicted molar refractivity (Wildman–Crippen MR) is 91.0 cm³/mol. The average Bonchev–Trinajstić information content (AvgIpc) is 2.61. The Morgan fingerprint density at radius 1 is 0.917 bits per heavy atom. The minimum atomic E-state index is -0.0676. The van der Waals surface area contributed by atoms with Crippen LogP contribution in [0.1, 0.15) is 42.5 Å². The molecule has 0 radical (unpaired) electrons. The number of aryl methyl sites for hydroxylation is 1. The highest BCUT2D eigenvalue weighted by molar-refractivity contribution is 5.93. The number of anilines is 1. The van der Waals surface area contributed by atoms with Gasteiger partial charge in [-0.05, 0) is 26.2 Å². The summed E-state index contributed by atoms with van der Waals surface area (Å²) in [6, 6.07) is 1.82. The first-order valence-corrected chi connectivity index (χ1v) is 8.70. The van der Waals surface area contributed by atoms with Crippen LogP contribution in [0.15, 0.2) is 6.07 Å². The third kappa shape index (κ3) is 3.66. The third-order valence-electron chi connectivity index (χ3n) is 4.74. The van der Waals surface area contributed by atoms with E-state index in [1.165, 1.54) is 19.3 Å². The summed E-state index contributed by atoms with van der Waals surface area (Å²) < 4.78 is 0. The van der Waals surface area contributed by atoms with E-state index in [4.69, 9.17) is 0 Å². The molecule has 2 aliphatic heterocycles. The fourth-order valence-corrected chi connectivity index (χ4v) is 3.33. The molecule has 0 atom stereocenters. The summed E-state index contributed by atoms with van der Waals surface area (Å²) in [5, 5.41) is 0. The Bertz CT molecular complexity index is 619. The maximum absolute atomic E-state index is 12.8. The van der Waals surface area contributed by atoms with Gasteiger partial charge in [-0.2, -0.15) is 0 Å². The van der Waals surface area contributed by atoms with Gasteiger partial charge in [-0.1, -0.05) is 0 Å². The zero-order valence-corrected chi connectivity index (χ0v) is 14.5. The van der Waals surface area contributed by atoms with Crippen LogP contribution in [0.25, 0.3) is 0 Å². The molecule has 0 spiro atoms. The van der Waals surface area contributed by atoms with Crippen molar-refractivity contribution in [2.45, 2.75) is 33.1 Å².